The molecular weight excluding hydrogens is 320 g/mol. The summed E-state index contributed by atoms with van der Waals surface area (Å²) in [5.41, 5.74) is 2.29. The fraction of sp³-hybridized carbons (Fsp3) is 0.312. The van der Waals surface area contributed by atoms with Crippen LogP contribution in [0.25, 0.3) is 0 Å². The van der Waals surface area contributed by atoms with Crippen LogP contribution in [0.15, 0.2) is 39.9 Å². The first-order chi connectivity index (χ1) is 9.31. The van der Waals surface area contributed by atoms with Gasteiger partial charge in [-0.15, -0.1) is 0 Å². The molecule has 0 fully saturated rings. The second-order valence-corrected chi connectivity index (χ2v) is 5.85. The second kappa shape index (κ2) is 7.29. The lowest BCUT2D eigenvalue weighted by Crippen LogP contribution is -1.97. The number of phenols is 2. The zero-order chi connectivity index (χ0) is 15.3. The maximum atomic E-state index is 12.1. The molecule has 0 bridgehead atoms. The number of allylic oxidation sites excluding steroid dienone is 4. The summed E-state index contributed by atoms with van der Waals surface area (Å²) in [4.78, 5) is 12.1. The van der Waals surface area contributed by atoms with Crippen molar-refractivity contribution in [2.45, 2.75) is 33.6 Å². The summed E-state index contributed by atoms with van der Waals surface area (Å²) in [6, 6.07) is 2.58. The number of phenolic OH excluding ortho intramolecular Hbond substituents is 2. The molecule has 0 aliphatic heterocycles. The minimum atomic E-state index is -0.306. The van der Waals surface area contributed by atoms with Gasteiger partial charge in [-0.25, -0.2) is 0 Å². The molecule has 0 radical (unpaired) electrons. The van der Waals surface area contributed by atoms with Gasteiger partial charge in [0.2, 0.25) is 0 Å². The lowest BCUT2D eigenvalue weighted by atomic mass is 10.0. The van der Waals surface area contributed by atoms with Crippen LogP contribution in [-0.2, 0) is 0 Å². The Balaban J connectivity index is 2.85. The molecule has 0 atom stereocenters. The van der Waals surface area contributed by atoms with Gasteiger partial charge < -0.3 is 10.2 Å². The van der Waals surface area contributed by atoms with Crippen molar-refractivity contribution in [1.29, 1.82) is 0 Å². The van der Waals surface area contributed by atoms with Gasteiger partial charge in [-0.05, 0) is 67.8 Å². The molecule has 0 heterocycles. The molecule has 1 rings (SSSR count). The largest absolute Gasteiger partial charge is 0.507 e. The molecule has 4 heteroatoms. The summed E-state index contributed by atoms with van der Waals surface area (Å²) in [6.45, 7) is 5.95. The van der Waals surface area contributed by atoms with Crippen molar-refractivity contribution in [3.05, 3.63) is 45.5 Å². The molecule has 3 nitrogen and oxygen atoms in total. The third-order valence-electron chi connectivity index (χ3n) is 2.80. The van der Waals surface area contributed by atoms with Crippen molar-refractivity contribution in [1.82, 2.24) is 0 Å². The molecule has 0 amide bonds. The van der Waals surface area contributed by atoms with E-state index in [0.717, 1.165) is 18.4 Å². The average Bonchev–Trinajstić information content (AvgIpc) is 2.33. The van der Waals surface area contributed by atoms with Crippen molar-refractivity contribution in [3.63, 3.8) is 0 Å². The minimum absolute atomic E-state index is 0.0678. The quantitative estimate of drug-likeness (QED) is 0.353. The molecule has 0 aliphatic carbocycles. The zero-order valence-electron chi connectivity index (χ0n) is 11.9. The fourth-order valence-corrected chi connectivity index (χ4v) is 2.04. The van der Waals surface area contributed by atoms with Crippen LogP contribution in [0.2, 0.25) is 0 Å². The Hall–Kier alpha value is -1.55. The highest BCUT2D eigenvalue weighted by atomic mass is 79.9. The summed E-state index contributed by atoms with van der Waals surface area (Å²) >= 11 is 3.08. The van der Waals surface area contributed by atoms with E-state index in [9.17, 15) is 15.0 Å². The summed E-state index contributed by atoms with van der Waals surface area (Å²) in [5, 5.41) is 19.3. The van der Waals surface area contributed by atoms with Crippen molar-refractivity contribution in [3.8, 4) is 11.5 Å². The normalized spacial score (nSPS) is 11.3. The molecule has 1 aromatic carbocycles. The number of carbonyl (C=O) groups is 1. The number of hydrogen-bond donors (Lipinski definition) is 2. The predicted octanol–water partition coefficient (Wildman–Crippen LogP) is 4.74. The molecule has 0 saturated heterocycles. The molecule has 1 aromatic rings. The molecule has 0 aliphatic rings. The molecular formula is C16H19BrO3. The summed E-state index contributed by atoms with van der Waals surface area (Å²) in [5.74, 6) is -0.519. The Kier molecular flexibility index (Phi) is 6.02. The molecule has 2 N–H and O–H groups in total. The first-order valence-electron chi connectivity index (χ1n) is 6.37. The van der Waals surface area contributed by atoms with Crippen LogP contribution >= 0.6 is 15.9 Å². The van der Waals surface area contributed by atoms with E-state index in [1.165, 1.54) is 23.8 Å². The number of ketones is 1. The molecule has 0 saturated carbocycles. The summed E-state index contributed by atoms with van der Waals surface area (Å²) in [7, 11) is 0. The molecule has 0 aromatic heterocycles. The lowest BCUT2D eigenvalue weighted by Gasteiger charge is -2.05. The second-order valence-electron chi connectivity index (χ2n) is 5.00. The van der Waals surface area contributed by atoms with Crippen LogP contribution in [0.1, 0.15) is 44.0 Å². The van der Waals surface area contributed by atoms with E-state index < -0.39 is 0 Å². The monoisotopic (exact) mass is 338 g/mol. The van der Waals surface area contributed by atoms with E-state index in [-0.39, 0.29) is 22.8 Å². The van der Waals surface area contributed by atoms with Crippen LogP contribution in [-0.4, -0.2) is 16.0 Å². The highest BCUT2D eigenvalue weighted by Gasteiger charge is 2.12. The van der Waals surface area contributed by atoms with E-state index in [0.29, 0.717) is 4.47 Å². The molecule has 0 unspecified atom stereocenters. The predicted molar refractivity (Wildman–Crippen MR) is 84.2 cm³/mol. The minimum Gasteiger partial charge on any atom is -0.507 e. The van der Waals surface area contributed by atoms with Gasteiger partial charge in [-0.3, -0.25) is 4.79 Å². The standard InChI is InChI=1S/C16H19BrO3/c1-10(2)5-4-6-11(3)7-14(18)12-8-16(20)13(17)9-15(12)19/h5,7-9,19-20H,4,6H2,1-3H3/b11-7-. The number of carbonyl (C=O) groups excluding carboxylic acids is 1. The highest BCUT2D eigenvalue weighted by Crippen LogP contribution is 2.31. The number of aromatic hydroxyl groups is 2. The van der Waals surface area contributed by atoms with Gasteiger partial charge in [0.15, 0.2) is 5.78 Å². The third kappa shape index (κ3) is 4.85. The molecule has 20 heavy (non-hydrogen) atoms. The molecule has 0 spiro atoms. The summed E-state index contributed by atoms with van der Waals surface area (Å²) < 4.78 is 0.357. The third-order valence-corrected chi connectivity index (χ3v) is 3.43. The SMILES string of the molecule is CC(C)=CCC/C(C)=C\C(=O)c1cc(O)c(Br)cc1O. The average molecular weight is 339 g/mol. The number of benzene rings is 1. The number of rotatable bonds is 5. The van der Waals surface area contributed by atoms with Gasteiger partial charge in [0.25, 0.3) is 0 Å². The van der Waals surface area contributed by atoms with Crippen molar-refractivity contribution in [2.75, 3.05) is 0 Å². The smallest absolute Gasteiger partial charge is 0.189 e. The van der Waals surface area contributed by atoms with E-state index in [2.05, 4.69) is 22.0 Å². The lowest BCUT2D eigenvalue weighted by molar-refractivity contribution is 0.104. The summed E-state index contributed by atoms with van der Waals surface area (Å²) in [6.07, 6.45) is 5.29. The van der Waals surface area contributed by atoms with Crippen LogP contribution in [0.3, 0.4) is 0 Å². The van der Waals surface area contributed by atoms with Crippen LogP contribution in [0, 0.1) is 0 Å². The van der Waals surface area contributed by atoms with Gasteiger partial charge in [0.05, 0.1) is 10.0 Å². The van der Waals surface area contributed by atoms with Crippen molar-refractivity contribution in [2.24, 2.45) is 0 Å². The van der Waals surface area contributed by atoms with Crippen LogP contribution in [0.5, 0.6) is 11.5 Å². The number of halogens is 1. The van der Waals surface area contributed by atoms with Crippen molar-refractivity contribution < 1.29 is 15.0 Å². The maximum absolute atomic E-state index is 12.1. The Morgan fingerprint density at radius 3 is 2.45 bits per heavy atom. The van der Waals surface area contributed by atoms with E-state index in [1.54, 1.807) is 0 Å². The fourth-order valence-electron chi connectivity index (χ4n) is 1.71. The Bertz CT molecular complexity index is 567. The van der Waals surface area contributed by atoms with Gasteiger partial charge in [0, 0.05) is 0 Å². The van der Waals surface area contributed by atoms with Crippen molar-refractivity contribution >= 4 is 21.7 Å². The Morgan fingerprint density at radius 2 is 1.85 bits per heavy atom. The Morgan fingerprint density at radius 1 is 1.20 bits per heavy atom. The highest BCUT2D eigenvalue weighted by molar-refractivity contribution is 9.10. The van der Waals surface area contributed by atoms with Gasteiger partial charge >= 0.3 is 0 Å². The topological polar surface area (TPSA) is 57.5 Å². The van der Waals surface area contributed by atoms with Gasteiger partial charge in [-0.1, -0.05) is 17.2 Å². The first-order valence-corrected chi connectivity index (χ1v) is 7.17. The Labute approximate surface area is 127 Å². The van der Waals surface area contributed by atoms with E-state index in [4.69, 9.17) is 0 Å². The van der Waals surface area contributed by atoms with Gasteiger partial charge in [-0.2, -0.15) is 0 Å². The van der Waals surface area contributed by atoms with Gasteiger partial charge in [0.1, 0.15) is 11.5 Å². The van der Waals surface area contributed by atoms with E-state index >= 15 is 0 Å². The van der Waals surface area contributed by atoms with E-state index in [1.807, 2.05) is 20.8 Å². The van der Waals surface area contributed by atoms with Crippen LogP contribution < -0.4 is 0 Å². The number of hydrogen-bond acceptors (Lipinski definition) is 3. The maximum Gasteiger partial charge on any atom is 0.189 e. The first kappa shape index (κ1) is 16.5. The zero-order valence-corrected chi connectivity index (χ0v) is 13.5. The molecule has 108 valence electrons. The van der Waals surface area contributed by atoms with Crippen LogP contribution in [0.4, 0.5) is 0 Å².